The Morgan fingerprint density at radius 2 is 1.78 bits per heavy atom. The molecule has 0 saturated heterocycles. The predicted octanol–water partition coefficient (Wildman–Crippen LogP) is 4.76. The molecule has 0 aliphatic carbocycles. The number of amidine groups is 1. The van der Waals surface area contributed by atoms with Gasteiger partial charge in [-0.05, 0) is 64.8 Å². The average molecular weight is 497 g/mol. The number of nitrogens with zero attached hydrogens (tertiary/aromatic N) is 1. The number of benzene rings is 2. The van der Waals surface area contributed by atoms with Gasteiger partial charge in [-0.25, -0.2) is 0 Å². The van der Waals surface area contributed by atoms with E-state index >= 15 is 0 Å². The zero-order chi connectivity index (χ0) is 22.5. The number of methoxy groups -OCH3 is 1. The number of carbonyl (C=O) groups is 2. The summed E-state index contributed by atoms with van der Waals surface area (Å²) in [6.45, 7) is 1.83. The van der Waals surface area contributed by atoms with Gasteiger partial charge < -0.3 is 15.8 Å². The van der Waals surface area contributed by atoms with Crippen molar-refractivity contribution in [3.8, 4) is 5.75 Å². The van der Waals surface area contributed by atoms with Gasteiger partial charge in [-0.1, -0.05) is 19.6 Å². The van der Waals surface area contributed by atoms with Crippen molar-refractivity contribution < 1.29 is 14.3 Å². The van der Waals surface area contributed by atoms with E-state index in [1.807, 2.05) is 13.0 Å². The van der Waals surface area contributed by atoms with Crippen molar-refractivity contribution in [2.24, 2.45) is 5.73 Å². The van der Waals surface area contributed by atoms with Gasteiger partial charge in [-0.3, -0.25) is 20.0 Å². The predicted molar refractivity (Wildman–Crippen MR) is 130 cm³/mol. The van der Waals surface area contributed by atoms with Gasteiger partial charge in [0.25, 0.3) is 5.91 Å². The number of nitrogen functional groups attached to an aromatic ring is 1. The normalized spacial score (nSPS) is 10.1. The van der Waals surface area contributed by atoms with E-state index in [1.165, 1.54) is 7.11 Å². The molecule has 8 heteroatoms. The first-order valence-electron chi connectivity index (χ1n) is 9.36. The number of rotatable bonds is 7. The fourth-order valence-corrected chi connectivity index (χ4v) is 3.24. The molecule has 0 aliphatic rings. The molecule has 0 aliphatic heterocycles. The lowest BCUT2D eigenvalue weighted by atomic mass is 10.0. The molecule has 0 unspecified atom stereocenters. The van der Waals surface area contributed by atoms with Crippen LogP contribution in [0.2, 0.25) is 0 Å². The Bertz CT molecular complexity index is 1140. The molecule has 0 atom stereocenters. The van der Waals surface area contributed by atoms with Gasteiger partial charge in [0.15, 0.2) is 5.78 Å². The van der Waals surface area contributed by atoms with Crippen LogP contribution in [0.15, 0.2) is 59.2 Å². The number of hydrogen-bond donors (Lipinski definition) is 3. The highest BCUT2D eigenvalue weighted by Gasteiger charge is 2.18. The lowest BCUT2D eigenvalue weighted by Crippen LogP contribution is -2.17. The van der Waals surface area contributed by atoms with Crippen LogP contribution < -0.4 is 15.8 Å². The highest BCUT2D eigenvalue weighted by molar-refractivity contribution is 9.10. The van der Waals surface area contributed by atoms with E-state index in [1.54, 1.807) is 48.7 Å². The maximum absolute atomic E-state index is 13.0. The van der Waals surface area contributed by atoms with E-state index in [4.69, 9.17) is 15.9 Å². The molecule has 1 aromatic heterocycles. The summed E-state index contributed by atoms with van der Waals surface area (Å²) in [5, 5.41) is 10.3. The molecule has 166 valence electrons. The number of carbonyl (C=O) groups excluding carboxylic acids is 2. The molecule has 4 N–H and O–H groups in total. The van der Waals surface area contributed by atoms with Crippen molar-refractivity contribution in [1.82, 2.24) is 4.98 Å². The summed E-state index contributed by atoms with van der Waals surface area (Å²) in [5.74, 6) is -0.103. The van der Waals surface area contributed by atoms with Gasteiger partial charge in [0.1, 0.15) is 11.6 Å². The van der Waals surface area contributed by atoms with E-state index < -0.39 is 0 Å². The van der Waals surface area contributed by atoms with Crippen molar-refractivity contribution in [1.29, 1.82) is 5.41 Å². The molecular formula is C24H25BrN4O3. The molecular weight excluding hydrogens is 472 g/mol. The summed E-state index contributed by atoms with van der Waals surface area (Å²) in [6, 6.07) is 13.3. The summed E-state index contributed by atoms with van der Waals surface area (Å²) in [5.41, 5.74) is 8.48. The van der Waals surface area contributed by atoms with E-state index in [0.717, 1.165) is 10.0 Å². The van der Waals surface area contributed by atoms with Gasteiger partial charge in [0, 0.05) is 33.1 Å². The van der Waals surface area contributed by atoms with E-state index in [2.05, 4.69) is 26.2 Å². The second-order valence-corrected chi connectivity index (χ2v) is 7.80. The fraction of sp³-hybridized carbons (Fsp3) is 0.167. The first-order chi connectivity index (χ1) is 14.8. The molecule has 0 spiro atoms. The van der Waals surface area contributed by atoms with Crippen LogP contribution in [0.4, 0.5) is 5.69 Å². The number of aromatic nitrogens is 1. The number of aryl methyl sites for hydroxylation is 1. The number of ketones is 1. The molecule has 7 nitrogen and oxygen atoms in total. The Morgan fingerprint density at radius 3 is 2.34 bits per heavy atom. The topological polar surface area (TPSA) is 118 Å². The molecule has 0 bridgehead atoms. The van der Waals surface area contributed by atoms with Crippen molar-refractivity contribution in [2.45, 2.75) is 20.8 Å². The minimum atomic E-state index is -0.379. The number of nitrogens with one attached hydrogen (secondary N) is 2. The first-order valence-corrected chi connectivity index (χ1v) is 10.2. The molecule has 1 heterocycles. The molecule has 3 aromatic rings. The lowest BCUT2D eigenvalue weighted by Gasteiger charge is -2.14. The molecule has 2 aromatic carbocycles. The van der Waals surface area contributed by atoms with Gasteiger partial charge in [-0.2, -0.15) is 0 Å². The van der Waals surface area contributed by atoms with Crippen LogP contribution in [-0.2, 0) is 6.42 Å². The van der Waals surface area contributed by atoms with Gasteiger partial charge in [0.05, 0.1) is 19.2 Å². The van der Waals surface area contributed by atoms with E-state index in [9.17, 15) is 9.59 Å². The third-order valence-electron chi connectivity index (χ3n) is 4.67. The number of halogens is 1. The van der Waals surface area contributed by atoms with Crippen LogP contribution in [0.5, 0.6) is 5.75 Å². The van der Waals surface area contributed by atoms with Crippen LogP contribution in [0.3, 0.4) is 0 Å². The summed E-state index contributed by atoms with van der Waals surface area (Å²) in [7, 11) is 1.53. The third-order valence-corrected chi connectivity index (χ3v) is 5.14. The number of anilines is 1. The van der Waals surface area contributed by atoms with Gasteiger partial charge >= 0.3 is 0 Å². The number of amides is 1. The van der Waals surface area contributed by atoms with E-state index in [-0.39, 0.29) is 31.4 Å². The smallest absolute Gasteiger partial charge is 0.255 e. The zero-order valence-electron chi connectivity index (χ0n) is 17.0. The summed E-state index contributed by atoms with van der Waals surface area (Å²) < 4.78 is 6.19. The largest absolute Gasteiger partial charge is 0.496 e. The molecule has 3 rings (SSSR count). The van der Waals surface area contributed by atoms with Gasteiger partial charge in [-0.15, -0.1) is 0 Å². The van der Waals surface area contributed by atoms with Crippen LogP contribution in [-0.4, -0.2) is 29.6 Å². The Balaban J connectivity index is 0.00000363. The molecule has 32 heavy (non-hydrogen) atoms. The van der Waals surface area contributed by atoms with Crippen LogP contribution in [0.1, 0.15) is 45.0 Å². The van der Waals surface area contributed by atoms with Crippen molar-refractivity contribution >= 4 is 39.1 Å². The Morgan fingerprint density at radius 1 is 1.12 bits per heavy atom. The summed E-state index contributed by atoms with van der Waals surface area (Å²) >= 11 is 3.33. The Hall–Kier alpha value is -3.52. The highest BCUT2D eigenvalue weighted by atomic mass is 79.9. The first kappa shape index (κ1) is 24.7. The molecule has 0 saturated carbocycles. The molecule has 1 amide bonds. The SMILES string of the molecule is C.COc1cc(C(=O)Cc2ccc(Br)cn2)c(NC(=O)c2ccc(C(=N)N)cc2)cc1C. The fourth-order valence-electron chi connectivity index (χ4n) is 3.01. The van der Waals surface area contributed by atoms with Gasteiger partial charge in [0.2, 0.25) is 0 Å². The number of hydrogen-bond acceptors (Lipinski definition) is 5. The highest BCUT2D eigenvalue weighted by Crippen LogP contribution is 2.28. The molecule has 0 fully saturated rings. The van der Waals surface area contributed by atoms with Crippen LogP contribution >= 0.6 is 15.9 Å². The zero-order valence-corrected chi connectivity index (χ0v) is 18.6. The maximum Gasteiger partial charge on any atom is 0.255 e. The summed E-state index contributed by atoms with van der Waals surface area (Å²) in [6.07, 6.45) is 1.71. The summed E-state index contributed by atoms with van der Waals surface area (Å²) in [4.78, 5) is 30.1. The Kier molecular flexibility index (Phi) is 8.26. The van der Waals surface area contributed by atoms with Crippen LogP contribution in [0, 0.1) is 12.3 Å². The van der Waals surface area contributed by atoms with Crippen molar-refractivity contribution in [2.75, 3.05) is 12.4 Å². The Labute approximate surface area is 195 Å². The number of Topliss-reactive ketones (excluding diaryl/α,β-unsaturated/α-hetero) is 1. The standard InChI is InChI=1S/C23H21BrN4O3.CH4/c1-13-9-19(28-23(30)15-5-3-14(4-6-15)22(25)26)18(11-21(13)31-2)20(29)10-17-8-7-16(24)12-27-17;/h3-9,11-12H,10H2,1-2H3,(H3,25,26)(H,28,30);1H4. The number of ether oxygens (including phenoxy) is 1. The third kappa shape index (κ3) is 5.79. The van der Waals surface area contributed by atoms with Crippen molar-refractivity contribution in [3.05, 3.63) is 87.1 Å². The monoisotopic (exact) mass is 496 g/mol. The quantitative estimate of drug-likeness (QED) is 0.247. The molecule has 0 radical (unpaired) electrons. The average Bonchev–Trinajstić information content (AvgIpc) is 2.75. The van der Waals surface area contributed by atoms with E-state index in [0.29, 0.717) is 33.8 Å². The second-order valence-electron chi connectivity index (χ2n) is 6.88. The number of pyridine rings is 1. The van der Waals surface area contributed by atoms with Crippen molar-refractivity contribution in [3.63, 3.8) is 0 Å². The van der Waals surface area contributed by atoms with Crippen LogP contribution in [0.25, 0.3) is 0 Å². The maximum atomic E-state index is 13.0. The lowest BCUT2D eigenvalue weighted by molar-refractivity contribution is 0.0992. The second kappa shape index (κ2) is 10.7. The minimum Gasteiger partial charge on any atom is -0.496 e. The minimum absolute atomic E-state index is 0. The number of nitrogens with two attached hydrogens (primary N) is 1.